The molecule has 0 atom stereocenters. The van der Waals surface area contributed by atoms with Gasteiger partial charge in [0.1, 0.15) is 36.4 Å². The molecule has 0 spiro atoms. The number of hydrogen-bond acceptors (Lipinski definition) is 7. The first-order valence-corrected chi connectivity index (χ1v) is 9.79. The zero-order valence-corrected chi connectivity index (χ0v) is 17.2. The molecule has 0 aliphatic rings. The first-order chi connectivity index (χ1) is 14.5. The lowest BCUT2D eigenvalue weighted by Crippen LogP contribution is -2.20. The number of nitroso groups, excluding NO2 is 1. The Morgan fingerprint density at radius 2 is 2.10 bits per heavy atom. The second kappa shape index (κ2) is 9.29. The maximum absolute atomic E-state index is 12.9. The number of ether oxygens (including phenoxy) is 1. The van der Waals surface area contributed by atoms with E-state index in [9.17, 15) is 14.5 Å². The molecule has 1 aromatic carbocycles. The van der Waals surface area contributed by atoms with Crippen LogP contribution in [-0.2, 0) is 13.1 Å². The van der Waals surface area contributed by atoms with E-state index < -0.39 is 0 Å². The normalized spacial score (nSPS) is 10.9. The Hall–Kier alpha value is -3.56. The predicted octanol–water partition coefficient (Wildman–Crippen LogP) is 3.18. The summed E-state index contributed by atoms with van der Waals surface area (Å²) in [6.45, 7) is 6.94. The van der Waals surface area contributed by atoms with Crippen molar-refractivity contribution >= 4 is 29.2 Å². The molecule has 1 N–H and O–H groups in total. The van der Waals surface area contributed by atoms with Gasteiger partial charge in [0.15, 0.2) is 0 Å². The van der Waals surface area contributed by atoms with Crippen molar-refractivity contribution in [3.63, 3.8) is 0 Å². The number of amides is 1. The molecular formula is C20H24N6O4. The summed E-state index contributed by atoms with van der Waals surface area (Å²) < 4.78 is 9.16. The Bertz CT molecular complexity index is 1080. The number of aromatic nitrogens is 4. The van der Waals surface area contributed by atoms with Crippen molar-refractivity contribution in [3.8, 4) is 5.75 Å². The van der Waals surface area contributed by atoms with E-state index in [4.69, 9.17) is 4.74 Å². The minimum absolute atomic E-state index is 0.0152. The third kappa shape index (κ3) is 4.22. The summed E-state index contributed by atoms with van der Waals surface area (Å²) in [5.74, 6) is 0.433. The van der Waals surface area contributed by atoms with Gasteiger partial charge in [-0.05, 0) is 38.5 Å². The van der Waals surface area contributed by atoms with E-state index in [0.29, 0.717) is 53.4 Å². The minimum atomic E-state index is -0.326. The molecule has 3 aromatic rings. The number of hydrogen-bond donors (Lipinski definition) is 1. The molecule has 0 aliphatic carbocycles. The van der Waals surface area contributed by atoms with Gasteiger partial charge in [-0.1, -0.05) is 12.1 Å². The van der Waals surface area contributed by atoms with Gasteiger partial charge in [-0.25, -0.2) is 4.98 Å². The monoisotopic (exact) mass is 412 g/mol. The van der Waals surface area contributed by atoms with E-state index in [1.54, 1.807) is 22.9 Å². The van der Waals surface area contributed by atoms with E-state index in [-0.39, 0.29) is 19.1 Å². The lowest BCUT2D eigenvalue weighted by Gasteiger charge is -2.12. The van der Waals surface area contributed by atoms with Crippen LogP contribution in [0, 0.1) is 11.8 Å². The molecule has 3 rings (SSSR count). The lowest BCUT2D eigenvalue weighted by molar-refractivity contribution is 0.101. The second-order valence-electron chi connectivity index (χ2n) is 6.73. The van der Waals surface area contributed by atoms with Crippen LogP contribution in [0.2, 0.25) is 0 Å². The van der Waals surface area contributed by atoms with E-state index in [1.165, 1.54) is 0 Å². The van der Waals surface area contributed by atoms with Gasteiger partial charge in [0.2, 0.25) is 5.95 Å². The van der Waals surface area contributed by atoms with Crippen molar-refractivity contribution < 1.29 is 14.3 Å². The third-order valence-corrected chi connectivity index (χ3v) is 4.51. The molecular weight excluding hydrogens is 388 g/mol. The molecule has 2 aromatic heterocycles. The van der Waals surface area contributed by atoms with Crippen molar-refractivity contribution in [3.05, 3.63) is 40.1 Å². The zero-order chi connectivity index (χ0) is 21.7. The molecule has 0 saturated heterocycles. The van der Waals surface area contributed by atoms with Gasteiger partial charge in [0, 0.05) is 18.7 Å². The number of aldehydes is 1. The Morgan fingerprint density at radius 3 is 2.77 bits per heavy atom. The Kier molecular flexibility index (Phi) is 6.55. The van der Waals surface area contributed by atoms with Gasteiger partial charge >= 0.3 is 0 Å². The molecule has 0 bridgehead atoms. The summed E-state index contributed by atoms with van der Waals surface area (Å²) in [5.41, 5.74) is 2.73. The van der Waals surface area contributed by atoms with Gasteiger partial charge in [0.25, 0.3) is 5.91 Å². The summed E-state index contributed by atoms with van der Waals surface area (Å²) in [4.78, 5) is 39.2. The average molecular weight is 412 g/mol. The highest BCUT2D eigenvalue weighted by atomic mass is 16.5. The summed E-state index contributed by atoms with van der Waals surface area (Å²) in [5, 5.41) is 9.96. The fourth-order valence-electron chi connectivity index (χ4n) is 3.29. The van der Waals surface area contributed by atoms with Crippen molar-refractivity contribution in [2.45, 2.75) is 40.3 Å². The standard InChI is InChI=1S/C20H24N6O4/c1-4-7-25-18-15(10-14(12-27)11-17(18)30-8-6-21-29)22-20(25)23-19(28)16-9-13(3)24-26(16)5-2/h9-12H,4-8H2,1-3H3,(H,22,23,28). The average Bonchev–Trinajstić information content (AvgIpc) is 3.28. The van der Waals surface area contributed by atoms with Crippen LogP contribution in [0.15, 0.2) is 23.4 Å². The Labute approximate surface area is 173 Å². The van der Waals surface area contributed by atoms with Gasteiger partial charge in [-0.15, -0.1) is 0 Å². The predicted molar refractivity (Wildman–Crippen MR) is 112 cm³/mol. The SMILES string of the molecule is CCCn1c(NC(=O)c2cc(C)nn2CC)nc2cc(C=O)cc(OCCN=O)c21. The van der Waals surface area contributed by atoms with E-state index in [0.717, 1.165) is 12.1 Å². The topological polar surface area (TPSA) is 120 Å². The summed E-state index contributed by atoms with van der Waals surface area (Å²) in [7, 11) is 0. The number of nitrogens with zero attached hydrogens (tertiary/aromatic N) is 5. The van der Waals surface area contributed by atoms with Crippen LogP contribution < -0.4 is 10.1 Å². The third-order valence-electron chi connectivity index (χ3n) is 4.51. The molecule has 30 heavy (non-hydrogen) atoms. The number of benzene rings is 1. The largest absolute Gasteiger partial charge is 0.489 e. The van der Waals surface area contributed by atoms with Gasteiger partial charge in [0.05, 0.1) is 11.2 Å². The summed E-state index contributed by atoms with van der Waals surface area (Å²) in [6.07, 6.45) is 1.48. The maximum Gasteiger partial charge on any atom is 0.276 e. The number of carbonyl (C=O) groups excluding carboxylic acids is 2. The van der Waals surface area contributed by atoms with Crippen LogP contribution in [0.1, 0.15) is 46.8 Å². The highest BCUT2D eigenvalue weighted by Gasteiger charge is 2.20. The quantitative estimate of drug-likeness (QED) is 0.310. The molecule has 0 radical (unpaired) electrons. The molecule has 0 aliphatic heterocycles. The highest BCUT2D eigenvalue weighted by Crippen LogP contribution is 2.31. The smallest absolute Gasteiger partial charge is 0.276 e. The molecule has 158 valence electrons. The van der Waals surface area contributed by atoms with Crippen LogP contribution in [0.3, 0.4) is 0 Å². The summed E-state index contributed by atoms with van der Waals surface area (Å²) in [6, 6.07) is 4.95. The van der Waals surface area contributed by atoms with Crippen molar-refractivity contribution in [2.75, 3.05) is 18.5 Å². The van der Waals surface area contributed by atoms with Gasteiger partial charge < -0.3 is 9.30 Å². The number of rotatable bonds is 10. The minimum Gasteiger partial charge on any atom is -0.489 e. The second-order valence-corrected chi connectivity index (χ2v) is 6.73. The number of imidazole rings is 1. The number of nitrogens with one attached hydrogen (secondary N) is 1. The molecule has 10 nitrogen and oxygen atoms in total. The molecule has 0 fully saturated rings. The van der Waals surface area contributed by atoms with Crippen LogP contribution in [0.4, 0.5) is 5.95 Å². The fourth-order valence-corrected chi connectivity index (χ4v) is 3.29. The Balaban J connectivity index is 2.06. The maximum atomic E-state index is 12.9. The molecule has 0 unspecified atom stereocenters. The van der Waals surface area contributed by atoms with Crippen molar-refractivity contribution in [1.82, 2.24) is 19.3 Å². The van der Waals surface area contributed by atoms with Crippen LogP contribution in [-0.4, -0.2) is 44.7 Å². The highest BCUT2D eigenvalue weighted by molar-refractivity contribution is 6.03. The molecule has 2 heterocycles. The first kappa shape index (κ1) is 21.2. The van der Waals surface area contributed by atoms with Crippen LogP contribution >= 0.6 is 0 Å². The number of anilines is 1. The zero-order valence-electron chi connectivity index (χ0n) is 17.2. The van der Waals surface area contributed by atoms with Gasteiger partial charge in [-0.3, -0.25) is 19.6 Å². The molecule has 0 saturated carbocycles. The van der Waals surface area contributed by atoms with E-state index >= 15 is 0 Å². The number of fused-ring (bicyclic) bond motifs is 1. The first-order valence-electron chi connectivity index (χ1n) is 9.79. The lowest BCUT2D eigenvalue weighted by atomic mass is 10.2. The van der Waals surface area contributed by atoms with E-state index in [1.807, 2.05) is 25.3 Å². The van der Waals surface area contributed by atoms with Gasteiger partial charge in [-0.2, -0.15) is 10.0 Å². The fraction of sp³-hybridized carbons (Fsp3) is 0.400. The number of carbonyl (C=O) groups is 2. The van der Waals surface area contributed by atoms with E-state index in [2.05, 4.69) is 20.6 Å². The molecule has 1 amide bonds. The summed E-state index contributed by atoms with van der Waals surface area (Å²) >= 11 is 0. The van der Waals surface area contributed by atoms with Crippen molar-refractivity contribution in [2.24, 2.45) is 5.18 Å². The number of aryl methyl sites for hydroxylation is 3. The Morgan fingerprint density at radius 1 is 1.30 bits per heavy atom. The molecule has 10 heteroatoms. The van der Waals surface area contributed by atoms with Crippen molar-refractivity contribution in [1.29, 1.82) is 0 Å². The van der Waals surface area contributed by atoms with Crippen LogP contribution in [0.5, 0.6) is 5.75 Å². The van der Waals surface area contributed by atoms with Crippen LogP contribution in [0.25, 0.3) is 11.0 Å².